The van der Waals surface area contributed by atoms with Crippen molar-refractivity contribution in [3.8, 4) is 11.5 Å². The molecule has 4 nitrogen and oxygen atoms in total. The zero-order valence-corrected chi connectivity index (χ0v) is 13.8. The number of nitrogens with zero attached hydrogens (tertiary/aromatic N) is 1. The molecule has 0 saturated carbocycles. The standard InChI is InChI=1S/C20H17NO3/c1-12-17(23-3)9-8-15-19(22)18(24-20(12)15)10-13-11-21(2)16-7-5-4-6-14(13)16/h4-11H,1-3H3. The zero-order chi connectivity index (χ0) is 16.8. The molecule has 120 valence electrons. The number of Topliss-reactive ketones (excluding diaryl/α,β-unsaturated/α-hetero) is 1. The van der Waals surface area contributed by atoms with Crippen molar-refractivity contribution in [3.63, 3.8) is 0 Å². The highest BCUT2D eigenvalue weighted by Crippen LogP contribution is 2.39. The molecule has 0 saturated heterocycles. The molecule has 4 heteroatoms. The first-order valence-corrected chi connectivity index (χ1v) is 7.76. The maximum Gasteiger partial charge on any atom is 0.231 e. The van der Waals surface area contributed by atoms with E-state index in [1.54, 1.807) is 19.2 Å². The first-order valence-electron chi connectivity index (χ1n) is 7.76. The van der Waals surface area contributed by atoms with Gasteiger partial charge in [-0.25, -0.2) is 0 Å². The first-order chi connectivity index (χ1) is 11.6. The molecule has 1 aliphatic heterocycles. The van der Waals surface area contributed by atoms with Crippen LogP contribution in [0.25, 0.3) is 17.0 Å². The highest BCUT2D eigenvalue weighted by atomic mass is 16.5. The van der Waals surface area contributed by atoms with E-state index in [-0.39, 0.29) is 5.78 Å². The van der Waals surface area contributed by atoms with Crippen LogP contribution in [0.1, 0.15) is 21.5 Å². The Balaban J connectivity index is 1.82. The number of aryl methyl sites for hydroxylation is 1. The van der Waals surface area contributed by atoms with Crippen LogP contribution in [0.4, 0.5) is 0 Å². The van der Waals surface area contributed by atoms with E-state index in [2.05, 4.69) is 6.07 Å². The van der Waals surface area contributed by atoms with E-state index in [1.165, 1.54) is 0 Å². The van der Waals surface area contributed by atoms with Crippen molar-refractivity contribution < 1.29 is 14.3 Å². The predicted octanol–water partition coefficient (Wildman–Crippen LogP) is 4.11. The lowest BCUT2D eigenvalue weighted by atomic mass is 10.1. The molecule has 3 aromatic rings. The maximum atomic E-state index is 12.7. The van der Waals surface area contributed by atoms with E-state index in [9.17, 15) is 4.79 Å². The Morgan fingerprint density at radius 3 is 2.75 bits per heavy atom. The van der Waals surface area contributed by atoms with Gasteiger partial charge >= 0.3 is 0 Å². The normalized spacial score (nSPS) is 15.0. The number of ketones is 1. The number of para-hydroxylation sites is 1. The quantitative estimate of drug-likeness (QED) is 0.667. The number of aromatic nitrogens is 1. The van der Waals surface area contributed by atoms with Crippen molar-refractivity contribution in [2.24, 2.45) is 7.05 Å². The number of ether oxygens (including phenoxy) is 2. The molecule has 0 bridgehead atoms. The number of allylic oxidation sites excluding steroid dienone is 1. The minimum Gasteiger partial charge on any atom is -0.496 e. The Hall–Kier alpha value is -3.01. The van der Waals surface area contributed by atoms with Gasteiger partial charge in [0.25, 0.3) is 0 Å². The second-order valence-corrected chi connectivity index (χ2v) is 5.92. The number of benzene rings is 2. The molecule has 24 heavy (non-hydrogen) atoms. The Morgan fingerprint density at radius 1 is 1.17 bits per heavy atom. The fourth-order valence-corrected chi connectivity index (χ4v) is 3.22. The van der Waals surface area contributed by atoms with Crippen LogP contribution in [-0.4, -0.2) is 17.5 Å². The smallest absolute Gasteiger partial charge is 0.231 e. The lowest BCUT2D eigenvalue weighted by Gasteiger charge is -2.07. The summed E-state index contributed by atoms with van der Waals surface area (Å²) in [5.41, 5.74) is 3.50. The Bertz CT molecular complexity index is 1010. The monoisotopic (exact) mass is 319 g/mol. The van der Waals surface area contributed by atoms with Crippen LogP contribution < -0.4 is 9.47 Å². The summed E-state index contributed by atoms with van der Waals surface area (Å²) in [5, 5.41) is 1.09. The van der Waals surface area contributed by atoms with Crippen LogP contribution in [0.5, 0.6) is 11.5 Å². The Labute approximate surface area is 139 Å². The highest BCUT2D eigenvalue weighted by Gasteiger charge is 2.30. The van der Waals surface area contributed by atoms with E-state index in [0.717, 1.165) is 22.0 Å². The van der Waals surface area contributed by atoms with E-state index in [4.69, 9.17) is 9.47 Å². The van der Waals surface area contributed by atoms with Crippen LogP contribution >= 0.6 is 0 Å². The van der Waals surface area contributed by atoms with E-state index < -0.39 is 0 Å². The molecule has 0 amide bonds. The molecular weight excluding hydrogens is 302 g/mol. The third-order valence-electron chi connectivity index (χ3n) is 4.47. The van der Waals surface area contributed by atoms with Gasteiger partial charge in [-0.15, -0.1) is 0 Å². The van der Waals surface area contributed by atoms with E-state index in [1.807, 2.05) is 49.0 Å². The fourth-order valence-electron chi connectivity index (χ4n) is 3.22. The van der Waals surface area contributed by atoms with Gasteiger partial charge < -0.3 is 14.0 Å². The molecule has 0 aliphatic carbocycles. The van der Waals surface area contributed by atoms with Gasteiger partial charge in [0, 0.05) is 35.3 Å². The lowest BCUT2D eigenvalue weighted by molar-refractivity contribution is 0.101. The third-order valence-corrected chi connectivity index (χ3v) is 4.47. The molecule has 2 aromatic carbocycles. The van der Waals surface area contributed by atoms with Gasteiger partial charge in [0.1, 0.15) is 11.5 Å². The van der Waals surface area contributed by atoms with Gasteiger partial charge in [-0.3, -0.25) is 4.79 Å². The van der Waals surface area contributed by atoms with Crippen molar-refractivity contribution >= 4 is 22.8 Å². The van der Waals surface area contributed by atoms with Gasteiger partial charge in [-0.2, -0.15) is 0 Å². The van der Waals surface area contributed by atoms with Crippen molar-refractivity contribution in [1.82, 2.24) is 4.57 Å². The number of hydrogen-bond donors (Lipinski definition) is 0. The van der Waals surface area contributed by atoms with Gasteiger partial charge in [-0.1, -0.05) is 18.2 Å². The summed E-state index contributed by atoms with van der Waals surface area (Å²) in [6.45, 7) is 1.89. The van der Waals surface area contributed by atoms with E-state index >= 15 is 0 Å². The number of methoxy groups -OCH3 is 1. The van der Waals surface area contributed by atoms with Crippen LogP contribution in [0.3, 0.4) is 0 Å². The molecule has 0 N–H and O–H groups in total. The summed E-state index contributed by atoms with van der Waals surface area (Å²) in [6.07, 6.45) is 3.82. The van der Waals surface area contributed by atoms with Crippen molar-refractivity contribution in [2.75, 3.05) is 7.11 Å². The van der Waals surface area contributed by atoms with Gasteiger partial charge in [0.15, 0.2) is 5.76 Å². The molecule has 0 atom stereocenters. The van der Waals surface area contributed by atoms with E-state index in [0.29, 0.717) is 22.8 Å². The second kappa shape index (κ2) is 5.27. The summed E-state index contributed by atoms with van der Waals surface area (Å²) >= 11 is 0. The topological polar surface area (TPSA) is 40.5 Å². The molecular formula is C20H17NO3. The number of rotatable bonds is 2. The summed E-state index contributed by atoms with van der Waals surface area (Å²) in [6, 6.07) is 11.7. The number of hydrogen-bond acceptors (Lipinski definition) is 3. The molecule has 0 fully saturated rings. The van der Waals surface area contributed by atoms with Gasteiger partial charge in [0.05, 0.1) is 12.7 Å². The van der Waals surface area contributed by atoms with Crippen LogP contribution in [0.2, 0.25) is 0 Å². The molecule has 4 rings (SSSR count). The molecule has 0 spiro atoms. The fraction of sp³-hybridized carbons (Fsp3) is 0.150. The summed E-state index contributed by atoms with van der Waals surface area (Å²) in [5.74, 6) is 1.56. The van der Waals surface area contributed by atoms with Gasteiger partial charge in [-0.05, 0) is 31.2 Å². The second-order valence-electron chi connectivity index (χ2n) is 5.92. The largest absolute Gasteiger partial charge is 0.496 e. The Morgan fingerprint density at radius 2 is 1.96 bits per heavy atom. The number of carbonyl (C=O) groups is 1. The number of fused-ring (bicyclic) bond motifs is 2. The summed E-state index contributed by atoms with van der Waals surface area (Å²) in [7, 11) is 3.60. The van der Waals surface area contributed by atoms with Crippen molar-refractivity contribution in [1.29, 1.82) is 0 Å². The molecule has 1 aromatic heterocycles. The van der Waals surface area contributed by atoms with Crippen LogP contribution in [0, 0.1) is 6.92 Å². The lowest BCUT2D eigenvalue weighted by Crippen LogP contribution is -1.97. The first kappa shape index (κ1) is 14.6. The van der Waals surface area contributed by atoms with Crippen LogP contribution in [0.15, 0.2) is 48.4 Å². The summed E-state index contributed by atoms with van der Waals surface area (Å²) < 4.78 is 13.2. The molecule has 0 unspecified atom stereocenters. The van der Waals surface area contributed by atoms with Crippen LogP contribution in [-0.2, 0) is 7.05 Å². The predicted molar refractivity (Wildman–Crippen MR) is 93.6 cm³/mol. The third kappa shape index (κ3) is 2.03. The molecule has 1 aliphatic rings. The van der Waals surface area contributed by atoms with Gasteiger partial charge in [0.2, 0.25) is 5.78 Å². The number of carbonyl (C=O) groups excluding carboxylic acids is 1. The SMILES string of the molecule is COc1ccc2c(c1C)OC(=Cc1cn(C)c3ccccc13)C2=O. The average molecular weight is 319 g/mol. The summed E-state index contributed by atoms with van der Waals surface area (Å²) in [4.78, 5) is 12.7. The molecule has 0 radical (unpaired) electrons. The molecule has 2 heterocycles. The Kier molecular flexibility index (Phi) is 3.20. The minimum atomic E-state index is -0.0938. The van der Waals surface area contributed by atoms with Crippen molar-refractivity contribution in [3.05, 3.63) is 65.0 Å². The zero-order valence-electron chi connectivity index (χ0n) is 13.8. The minimum absolute atomic E-state index is 0.0938. The average Bonchev–Trinajstić information content (AvgIpc) is 3.08. The highest BCUT2D eigenvalue weighted by molar-refractivity contribution is 6.15. The maximum absolute atomic E-state index is 12.7. The van der Waals surface area contributed by atoms with Crippen molar-refractivity contribution in [2.45, 2.75) is 6.92 Å².